The summed E-state index contributed by atoms with van der Waals surface area (Å²) in [4.78, 5) is 13.4. The fourth-order valence-corrected chi connectivity index (χ4v) is 1.79. The Labute approximate surface area is 84.1 Å². The number of hydrogen-bond acceptors (Lipinski definition) is 3. The molecule has 14 heavy (non-hydrogen) atoms. The SMILES string of the molecule is CC(C)C1(O)CN(C(=O)C2(N)CC2)C1. The lowest BCUT2D eigenvalue weighted by atomic mass is 9.82. The lowest BCUT2D eigenvalue weighted by molar-refractivity contribution is -0.165. The number of carbonyl (C=O) groups is 1. The predicted molar refractivity (Wildman–Crippen MR) is 52.5 cm³/mol. The Morgan fingerprint density at radius 1 is 1.43 bits per heavy atom. The third-order valence-corrected chi connectivity index (χ3v) is 3.51. The first-order chi connectivity index (χ1) is 6.37. The minimum absolute atomic E-state index is 0.0165. The first-order valence-electron chi connectivity index (χ1n) is 5.18. The smallest absolute Gasteiger partial charge is 0.242 e. The molecule has 2 aliphatic rings. The van der Waals surface area contributed by atoms with Crippen LogP contribution in [0.4, 0.5) is 0 Å². The molecule has 1 saturated heterocycles. The van der Waals surface area contributed by atoms with Crippen LogP contribution in [0.25, 0.3) is 0 Å². The van der Waals surface area contributed by atoms with Crippen molar-refractivity contribution in [2.75, 3.05) is 13.1 Å². The van der Waals surface area contributed by atoms with Crippen LogP contribution in [0.2, 0.25) is 0 Å². The number of hydrogen-bond donors (Lipinski definition) is 2. The summed E-state index contributed by atoms with van der Waals surface area (Å²) in [6, 6.07) is 0. The van der Waals surface area contributed by atoms with E-state index >= 15 is 0 Å². The fourth-order valence-electron chi connectivity index (χ4n) is 1.79. The van der Waals surface area contributed by atoms with Crippen LogP contribution in [0.1, 0.15) is 26.7 Å². The molecule has 3 N–H and O–H groups in total. The van der Waals surface area contributed by atoms with Crippen molar-refractivity contribution in [3.8, 4) is 0 Å². The van der Waals surface area contributed by atoms with Crippen LogP contribution >= 0.6 is 0 Å². The van der Waals surface area contributed by atoms with Gasteiger partial charge in [-0.2, -0.15) is 0 Å². The first-order valence-corrected chi connectivity index (χ1v) is 5.18. The van der Waals surface area contributed by atoms with Crippen molar-refractivity contribution >= 4 is 5.91 Å². The predicted octanol–water partition coefficient (Wildman–Crippen LogP) is -0.293. The molecule has 2 rings (SSSR count). The number of nitrogens with two attached hydrogens (primary N) is 1. The van der Waals surface area contributed by atoms with Gasteiger partial charge in [-0.3, -0.25) is 4.79 Å². The highest BCUT2D eigenvalue weighted by Gasteiger charge is 2.54. The summed E-state index contributed by atoms with van der Waals surface area (Å²) in [5, 5.41) is 9.96. The third-order valence-electron chi connectivity index (χ3n) is 3.51. The van der Waals surface area contributed by atoms with E-state index in [4.69, 9.17) is 5.73 Å². The van der Waals surface area contributed by atoms with Crippen LogP contribution in [0.15, 0.2) is 0 Å². The summed E-state index contributed by atoms with van der Waals surface area (Å²) in [5.41, 5.74) is 4.53. The highest BCUT2D eigenvalue weighted by atomic mass is 16.3. The maximum atomic E-state index is 11.7. The van der Waals surface area contributed by atoms with Gasteiger partial charge in [0.25, 0.3) is 0 Å². The molecule has 0 aromatic rings. The van der Waals surface area contributed by atoms with Gasteiger partial charge in [-0.15, -0.1) is 0 Å². The molecule has 1 saturated carbocycles. The van der Waals surface area contributed by atoms with Gasteiger partial charge in [0.1, 0.15) is 5.60 Å². The van der Waals surface area contributed by atoms with Crippen LogP contribution in [0.3, 0.4) is 0 Å². The Morgan fingerprint density at radius 2 is 1.93 bits per heavy atom. The number of amides is 1. The quantitative estimate of drug-likeness (QED) is 0.640. The third kappa shape index (κ3) is 1.33. The maximum absolute atomic E-state index is 11.7. The van der Waals surface area contributed by atoms with E-state index in [0.29, 0.717) is 13.1 Å². The Hall–Kier alpha value is -0.610. The molecule has 2 fully saturated rings. The van der Waals surface area contributed by atoms with Crippen molar-refractivity contribution in [3.05, 3.63) is 0 Å². The second-order valence-corrected chi connectivity index (χ2v) is 5.08. The molecule has 4 nitrogen and oxygen atoms in total. The van der Waals surface area contributed by atoms with E-state index in [1.165, 1.54) is 0 Å². The molecule has 0 bridgehead atoms. The van der Waals surface area contributed by atoms with E-state index in [0.717, 1.165) is 12.8 Å². The van der Waals surface area contributed by atoms with Gasteiger partial charge in [0.05, 0.1) is 18.6 Å². The topological polar surface area (TPSA) is 66.6 Å². The standard InChI is InChI=1S/C10H18N2O2/c1-7(2)10(14)5-12(6-10)8(13)9(11)3-4-9/h7,14H,3-6,11H2,1-2H3. The fraction of sp³-hybridized carbons (Fsp3) is 0.900. The average Bonchev–Trinajstić information content (AvgIpc) is 2.77. The van der Waals surface area contributed by atoms with Crippen molar-refractivity contribution < 1.29 is 9.90 Å². The minimum Gasteiger partial charge on any atom is -0.386 e. The van der Waals surface area contributed by atoms with Crippen LogP contribution in [-0.4, -0.2) is 40.1 Å². The molecule has 0 radical (unpaired) electrons. The molecule has 0 atom stereocenters. The molecule has 1 heterocycles. The van der Waals surface area contributed by atoms with E-state index in [1.54, 1.807) is 4.90 Å². The number of carbonyl (C=O) groups excluding carboxylic acids is 1. The van der Waals surface area contributed by atoms with Crippen molar-refractivity contribution in [1.29, 1.82) is 0 Å². The van der Waals surface area contributed by atoms with Crippen LogP contribution < -0.4 is 5.73 Å². The van der Waals surface area contributed by atoms with E-state index in [1.807, 2.05) is 13.8 Å². The Balaban J connectivity index is 1.91. The van der Waals surface area contributed by atoms with Gasteiger partial charge in [-0.05, 0) is 18.8 Å². The Kier molecular flexibility index (Phi) is 1.92. The number of nitrogens with zero attached hydrogens (tertiary/aromatic N) is 1. The molecule has 4 heteroatoms. The van der Waals surface area contributed by atoms with Gasteiger partial charge in [0.2, 0.25) is 5.91 Å². The molecule has 0 aromatic carbocycles. The van der Waals surface area contributed by atoms with Gasteiger partial charge < -0.3 is 15.7 Å². The van der Waals surface area contributed by atoms with Gasteiger partial charge >= 0.3 is 0 Å². The number of rotatable bonds is 2. The molecular weight excluding hydrogens is 180 g/mol. The lowest BCUT2D eigenvalue weighted by Gasteiger charge is -2.49. The summed E-state index contributed by atoms with van der Waals surface area (Å²) >= 11 is 0. The molecule has 1 aliphatic carbocycles. The van der Waals surface area contributed by atoms with Crippen molar-refractivity contribution in [2.24, 2.45) is 11.7 Å². The minimum atomic E-state index is -0.680. The second kappa shape index (κ2) is 2.70. The van der Waals surface area contributed by atoms with Crippen molar-refractivity contribution in [2.45, 2.75) is 37.8 Å². The lowest BCUT2D eigenvalue weighted by Crippen LogP contribution is -2.68. The number of aliphatic hydroxyl groups is 1. The van der Waals surface area contributed by atoms with E-state index < -0.39 is 11.1 Å². The van der Waals surface area contributed by atoms with Gasteiger partial charge in [0, 0.05) is 0 Å². The number of likely N-dealkylation sites (tertiary alicyclic amines) is 1. The molecule has 0 unspecified atom stereocenters. The number of β-amino-alcohol motifs (C(OH)–C–C–N with tert-alkyl or cyclic N) is 1. The zero-order valence-electron chi connectivity index (χ0n) is 8.79. The first kappa shape index (κ1) is 9.93. The van der Waals surface area contributed by atoms with Crippen molar-refractivity contribution in [3.63, 3.8) is 0 Å². The molecule has 80 valence electrons. The largest absolute Gasteiger partial charge is 0.386 e. The summed E-state index contributed by atoms with van der Waals surface area (Å²) in [7, 11) is 0. The van der Waals surface area contributed by atoms with E-state index in [2.05, 4.69) is 0 Å². The maximum Gasteiger partial charge on any atom is 0.242 e. The average molecular weight is 198 g/mol. The van der Waals surface area contributed by atoms with E-state index in [9.17, 15) is 9.90 Å². The highest BCUT2D eigenvalue weighted by Crippen LogP contribution is 2.38. The van der Waals surface area contributed by atoms with Crippen LogP contribution in [-0.2, 0) is 4.79 Å². The van der Waals surface area contributed by atoms with Crippen LogP contribution in [0.5, 0.6) is 0 Å². The highest BCUT2D eigenvalue weighted by molar-refractivity contribution is 5.89. The Bertz CT molecular complexity index is 265. The summed E-state index contributed by atoms with van der Waals surface area (Å²) in [6.07, 6.45) is 1.59. The summed E-state index contributed by atoms with van der Waals surface area (Å²) in [5.74, 6) is 0.210. The Morgan fingerprint density at radius 3 is 2.29 bits per heavy atom. The molecule has 1 aliphatic heterocycles. The van der Waals surface area contributed by atoms with E-state index in [-0.39, 0.29) is 11.8 Å². The van der Waals surface area contributed by atoms with Gasteiger partial charge in [-0.1, -0.05) is 13.8 Å². The summed E-state index contributed by atoms with van der Waals surface area (Å²) in [6.45, 7) is 4.83. The molecule has 0 spiro atoms. The summed E-state index contributed by atoms with van der Waals surface area (Å²) < 4.78 is 0. The normalized spacial score (nSPS) is 27.4. The molecule has 1 amide bonds. The van der Waals surface area contributed by atoms with Crippen LogP contribution in [0, 0.1) is 5.92 Å². The molecular formula is C10H18N2O2. The monoisotopic (exact) mass is 198 g/mol. The zero-order chi connectivity index (χ0) is 10.6. The van der Waals surface area contributed by atoms with Gasteiger partial charge in [0.15, 0.2) is 0 Å². The zero-order valence-corrected chi connectivity index (χ0v) is 8.79. The van der Waals surface area contributed by atoms with Crippen molar-refractivity contribution in [1.82, 2.24) is 4.90 Å². The van der Waals surface area contributed by atoms with Gasteiger partial charge in [-0.25, -0.2) is 0 Å². The molecule has 0 aromatic heterocycles. The second-order valence-electron chi connectivity index (χ2n) is 5.08.